The van der Waals surface area contributed by atoms with E-state index in [2.05, 4.69) is 32.5 Å². The highest BCUT2D eigenvalue weighted by Gasteiger charge is 2.17. The molecule has 0 amide bonds. The summed E-state index contributed by atoms with van der Waals surface area (Å²) in [7, 11) is 1.64. The van der Waals surface area contributed by atoms with Crippen LogP contribution in [0.2, 0.25) is 0 Å². The van der Waals surface area contributed by atoms with Crippen LogP contribution in [0.3, 0.4) is 0 Å². The second-order valence-electron chi connectivity index (χ2n) is 5.70. The minimum absolute atomic E-state index is 0.292. The highest BCUT2D eigenvalue weighted by Crippen LogP contribution is 2.25. The molecule has 0 atom stereocenters. The van der Waals surface area contributed by atoms with Crippen molar-refractivity contribution >= 4 is 11.8 Å². The van der Waals surface area contributed by atoms with Gasteiger partial charge in [0, 0.05) is 29.9 Å². The zero-order chi connectivity index (χ0) is 16.4. The van der Waals surface area contributed by atoms with Crippen molar-refractivity contribution in [3.8, 4) is 5.88 Å². The van der Waals surface area contributed by atoms with Crippen molar-refractivity contribution < 1.29 is 4.74 Å². The quantitative estimate of drug-likeness (QED) is 0.783. The molecule has 1 aliphatic heterocycles. The van der Waals surface area contributed by atoms with E-state index in [4.69, 9.17) is 10.5 Å². The summed E-state index contributed by atoms with van der Waals surface area (Å²) in [6.45, 7) is 6.25. The van der Waals surface area contributed by atoms with Gasteiger partial charge in [0.25, 0.3) is 0 Å². The number of rotatable bonds is 4. The van der Waals surface area contributed by atoms with Gasteiger partial charge < -0.3 is 21.1 Å². The first-order valence-electron chi connectivity index (χ1n) is 7.69. The lowest BCUT2D eigenvalue weighted by molar-refractivity contribution is 0.391. The normalized spacial score (nSPS) is 13.5. The fourth-order valence-electron chi connectivity index (χ4n) is 2.91. The lowest BCUT2D eigenvalue weighted by atomic mass is 10.1. The molecule has 122 valence electrons. The van der Waals surface area contributed by atoms with E-state index in [1.807, 2.05) is 13.0 Å². The molecule has 0 aromatic carbocycles. The van der Waals surface area contributed by atoms with Crippen molar-refractivity contribution in [3.05, 3.63) is 34.1 Å². The first kappa shape index (κ1) is 15.5. The molecular weight excluding hydrogens is 292 g/mol. The molecule has 4 N–H and O–H groups in total. The maximum Gasteiger partial charge on any atom is 0.222 e. The summed E-state index contributed by atoms with van der Waals surface area (Å²) in [5.74, 6) is 1.74. The van der Waals surface area contributed by atoms with Gasteiger partial charge in [0.15, 0.2) is 0 Å². The Morgan fingerprint density at radius 3 is 2.91 bits per heavy atom. The number of nitrogens with one attached hydrogen (secondary N) is 2. The molecule has 0 radical (unpaired) electrons. The fraction of sp³-hybridized carbons (Fsp3) is 0.438. The number of fused-ring (bicyclic) bond motifs is 1. The van der Waals surface area contributed by atoms with Gasteiger partial charge in [0.05, 0.1) is 12.8 Å². The Balaban J connectivity index is 1.88. The Morgan fingerprint density at radius 1 is 1.30 bits per heavy atom. The monoisotopic (exact) mass is 314 g/mol. The van der Waals surface area contributed by atoms with E-state index in [1.165, 1.54) is 0 Å². The molecule has 2 aromatic heterocycles. The number of ether oxygens (including phenoxy) is 1. The van der Waals surface area contributed by atoms with Gasteiger partial charge in [0.2, 0.25) is 11.8 Å². The third-order valence-electron chi connectivity index (χ3n) is 4.02. The van der Waals surface area contributed by atoms with E-state index >= 15 is 0 Å². The van der Waals surface area contributed by atoms with Gasteiger partial charge in [0.1, 0.15) is 5.82 Å². The lowest BCUT2D eigenvalue weighted by Crippen LogP contribution is -2.27. The second-order valence-corrected chi connectivity index (χ2v) is 5.70. The molecule has 7 heteroatoms. The number of nitrogen functional groups attached to an aromatic ring is 1. The molecule has 3 rings (SSSR count). The smallest absolute Gasteiger partial charge is 0.222 e. The largest absolute Gasteiger partial charge is 0.481 e. The molecule has 23 heavy (non-hydrogen) atoms. The predicted molar refractivity (Wildman–Crippen MR) is 89.4 cm³/mol. The highest BCUT2D eigenvalue weighted by molar-refractivity contribution is 5.52. The Bertz CT molecular complexity index is 731. The summed E-state index contributed by atoms with van der Waals surface area (Å²) in [6, 6.07) is 2.05. The van der Waals surface area contributed by atoms with E-state index < -0.39 is 0 Å². The van der Waals surface area contributed by atoms with Crippen LogP contribution in [-0.4, -0.2) is 28.6 Å². The summed E-state index contributed by atoms with van der Waals surface area (Å²) in [5, 5.41) is 6.69. The average Bonchev–Trinajstić information content (AvgIpc) is 2.52. The highest BCUT2D eigenvalue weighted by atomic mass is 16.5. The Hall–Kier alpha value is -2.41. The van der Waals surface area contributed by atoms with E-state index in [-0.39, 0.29) is 0 Å². The Kier molecular flexibility index (Phi) is 4.29. The van der Waals surface area contributed by atoms with E-state index in [1.54, 1.807) is 7.11 Å². The molecular formula is C16H22N6O. The van der Waals surface area contributed by atoms with Gasteiger partial charge in [-0.15, -0.1) is 0 Å². The molecule has 1 aliphatic rings. The van der Waals surface area contributed by atoms with Gasteiger partial charge in [-0.25, -0.2) is 9.97 Å². The fourth-order valence-corrected chi connectivity index (χ4v) is 2.91. The van der Waals surface area contributed by atoms with Crippen molar-refractivity contribution in [1.82, 2.24) is 20.3 Å². The van der Waals surface area contributed by atoms with Gasteiger partial charge in [-0.05, 0) is 38.4 Å². The Morgan fingerprint density at radius 2 is 2.13 bits per heavy atom. The lowest BCUT2D eigenvalue weighted by Gasteiger charge is -2.20. The topological polar surface area (TPSA) is 98.0 Å². The summed E-state index contributed by atoms with van der Waals surface area (Å²) in [4.78, 5) is 13.1. The minimum Gasteiger partial charge on any atom is -0.481 e. The van der Waals surface area contributed by atoms with Crippen LogP contribution in [0.1, 0.15) is 28.1 Å². The zero-order valence-electron chi connectivity index (χ0n) is 13.7. The molecule has 0 spiro atoms. The summed E-state index contributed by atoms with van der Waals surface area (Å²) < 4.78 is 5.41. The van der Waals surface area contributed by atoms with Gasteiger partial charge in [-0.3, -0.25) is 0 Å². The number of nitrogens with zero attached hydrogens (tertiary/aromatic N) is 3. The van der Waals surface area contributed by atoms with Gasteiger partial charge in [-0.1, -0.05) is 0 Å². The molecule has 0 saturated heterocycles. The summed E-state index contributed by atoms with van der Waals surface area (Å²) in [6.07, 6.45) is 0.889. The van der Waals surface area contributed by atoms with Crippen molar-refractivity contribution in [1.29, 1.82) is 0 Å². The number of pyridine rings is 1. The number of hydrogen-bond acceptors (Lipinski definition) is 7. The van der Waals surface area contributed by atoms with Gasteiger partial charge >= 0.3 is 0 Å². The summed E-state index contributed by atoms with van der Waals surface area (Å²) in [5.41, 5.74) is 11.0. The van der Waals surface area contributed by atoms with Crippen LogP contribution in [-0.2, 0) is 19.5 Å². The maximum absolute atomic E-state index is 5.83. The van der Waals surface area contributed by atoms with Crippen LogP contribution in [0, 0.1) is 13.8 Å². The van der Waals surface area contributed by atoms with Crippen molar-refractivity contribution in [2.24, 2.45) is 0 Å². The molecule has 0 unspecified atom stereocenters. The predicted octanol–water partition coefficient (Wildman–Crippen LogP) is 1.34. The molecule has 3 heterocycles. The van der Waals surface area contributed by atoms with Crippen LogP contribution >= 0.6 is 0 Å². The standard InChI is InChI=1S/C16H22N6O/c1-9-6-10(2)20-15(23-3)12(9)7-19-14-11-4-5-18-8-13(11)21-16(17)22-14/h6,18H,4-5,7-8H2,1-3H3,(H3,17,19,21,22). The van der Waals surface area contributed by atoms with Crippen molar-refractivity contribution in [2.75, 3.05) is 24.7 Å². The van der Waals surface area contributed by atoms with E-state index in [0.717, 1.165) is 53.4 Å². The zero-order valence-corrected chi connectivity index (χ0v) is 13.7. The van der Waals surface area contributed by atoms with E-state index in [0.29, 0.717) is 18.4 Å². The summed E-state index contributed by atoms with van der Waals surface area (Å²) >= 11 is 0. The number of anilines is 2. The second kappa shape index (κ2) is 6.37. The molecule has 0 bridgehead atoms. The third kappa shape index (κ3) is 3.19. The molecule has 0 saturated carbocycles. The maximum atomic E-state index is 5.83. The van der Waals surface area contributed by atoms with Crippen LogP contribution in [0.25, 0.3) is 0 Å². The van der Waals surface area contributed by atoms with Gasteiger partial charge in [-0.2, -0.15) is 4.98 Å². The van der Waals surface area contributed by atoms with E-state index in [9.17, 15) is 0 Å². The molecule has 0 aliphatic carbocycles. The van der Waals surface area contributed by atoms with Crippen LogP contribution in [0.4, 0.5) is 11.8 Å². The number of aryl methyl sites for hydroxylation is 2. The van der Waals surface area contributed by atoms with Crippen LogP contribution in [0.15, 0.2) is 6.07 Å². The molecule has 7 nitrogen and oxygen atoms in total. The van der Waals surface area contributed by atoms with Crippen molar-refractivity contribution in [3.63, 3.8) is 0 Å². The first-order valence-corrected chi connectivity index (χ1v) is 7.69. The number of hydrogen-bond donors (Lipinski definition) is 3. The number of methoxy groups -OCH3 is 1. The Labute approximate surface area is 135 Å². The number of aromatic nitrogens is 3. The third-order valence-corrected chi connectivity index (χ3v) is 4.02. The number of nitrogens with two attached hydrogens (primary N) is 1. The van der Waals surface area contributed by atoms with Crippen LogP contribution < -0.4 is 21.1 Å². The molecule has 2 aromatic rings. The minimum atomic E-state index is 0.292. The molecule has 0 fully saturated rings. The SMILES string of the molecule is COc1nc(C)cc(C)c1CNc1nc(N)nc2c1CCNC2. The van der Waals surface area contributed by atoms with Crippen molar-refractivity contribution in [2.45, 2.75) is 33.4 Å². The first-order chi connectivity index (χ1) is 11.1. The van der Waals surface area contributed by atoms with Crippen LogP contribution in [0.5, 0.6) is 5.88 Å². The average molecular weight is 314 g/mol.